The summed E-state index contributed by atoms with van der Waals surface area (Å²) in [6, 6.07) is 19.3. The quantitative estimate of drug-likeness (QED) is 0.299. The maximum absolute atomic E-state index is 13.6. The third-order valence-corrected chi connectivity index (χ3v) is 6.06. The summed E-state index contributed by atoms with van der Waals surface area (Å²) in [5, 5.41) is 12.2. The number of carboxylic acids is 1. The van der Waals surface area contributed by atoms with Gasteiger partial charge in [-0.2, -0.15) is 13.2 Å². The highest BCUT2D eigenvalue weighted by atomic mass is 19.4. The fourth-order valence-corrected chi connectivity index (χ4v) is 4.05. The number of hydrogen-bond acceptors (Lipinski definition) is 3. The van der Waals surface area contributed by atoms with Crippen LogP contribution in [0.2, 0.25) is 0 Å². The molecule has 0 bridgehead atoms. The summed E-state index contributed by atoms with van der Waals surface area (Å²) in [6.45, 7) is 3.56. The van der Waals surface area contributed by atoms with Gasteiger partial charge < -0.3 is 15.3 Å². The zero-order valence-corrected chi connectivity index (χ0v) is 21.5. The van der Waals surface area contributed by atoms with Crippen LogP contribution in [0.1, 0.15) is 48.2 Å². The number of carbonyl (C=O) groups excluding carboxylic acids is 2. The molecule has 0 radical (unpaired) electrons. The number of alkyl halides is 3. The van der Waals surface area contributed by atoms with Crippen molar-refractivity contribution >= 4 is 23.9 Å². The predicted molar refractivity (Wildman–Crippen MR) is 142 cm³/mol. The van der Waals surface area contributed by atoms with Gasteiger partial charge in [0.05, 0.1) is 5.56 Å². The van der Waals surface area contributed by atoms with Crippen molar-refractivity contribution in [2.75, 3.05) is 6.54 Å². The fourth-order valence-electron chi connectivity index (χ4n) is 4.05. The Morgan fingerprint density at radius 2 is 1.49 bits per heavy atom. The highest BCUT2D eigenvalue weighted by molar-refractivity contribution is 6.06. The highest BCUT2D eigenvalue weighted by Gasteiger charge is 2.32. The van der Waals surface area contributed by atoms with Gasteiger partial charge in [-0.1, -0.05) is 68.4 Å². The number of hydrogen-bond donors (Lipinski definition) is 2. The number of carbonyl (C=O) groups is 3. The van der Waals surface area contributed by atoms with Gasteiger partial charge in [0.1, 0.15) is 11.7 Å². The van der Waals surface area contributed by atoms with E-state index in [-0.39, 0.29) is 24.2 Å². The minimum absolute atomic E-state index is 0.0894. The molecule has 0 aliphatic heterocycles. The zero-order valence-electron chi connectivity index (χ0n) is 21.5. The molecule has 0 saturated carbocycles. The second-order valence-electron chi connectivity index (χ2n) is 8.84. The van der Waals surface area contributed by atoms with E-state index in [9.17, 15) is 32.7 Å². The molecular weight excluding hydrogens is 509 g/mol. The zero-order chi connectivity index (χ0) is 28.6. The Balaban J connectivity index is 1.98. The van der Waals surface area contributed by atoms with Crippen LogP contribution in [0.3, 0.4) is 0 Å². The molecule has 39 heavy (non-hydrogen) atoms. The molecule has 0 spiro atoms. The number of nitrogens with one attached hydrogen (secondary N) is 1. The maximum Gasteiger partial charge on any atom is 0.416 e. The molecule has 3 rings (SSSR count). The first-order chi connectivity index (χ1) is 18.5. The third-order valence-electron chi connectivity index (χ3n) is 6.06. The van der Waals surface area contributed by atoms with Gasteiger partial charge in [-0.25, -0.2) is 4.79 Å². The summed E-state index contributed by atoms with van der Waals surface area (Å²) in [4.78, 5) is 39.6. The first-order valence-corrected chi connectivity index (χ1v) is 12.4. The molecule has 0 saturated heterocycles. The molecule has 0 aliphatic carbocycles. The van der Waals surface area contributed by atoms with Crippen molar-refractivity contribution in [3.63, 3.8) is 0 Å². The van der Waals surface area contributed by atoms with Crippen LogP contribution in [-0.4, -0.2) is 40.4 Å². The van der Waals surface area contributed by atoms with Crippen LogP contribution in [0.25, 0.3) is 17.2 Å². The second-order valence-corrected chi connectivity index (χ2v) is 8.84. The van der Waals surface area contributed by atoms with E-state index in [4.69, 9.17) is 0 Å². The molecule has 1 unspecified atom stereocenters. The second kappa shape index (κ2) is 12.9. The normalized spacial score (nSPS) is 12.5. The van der Waals surface area contributed by atoms with E-state index in [0.717, 1.165) is 35.4 Å². The topological polar surface area (TPSA) is 86.7 Å². The average Bonchev–Trinajstić information content (AvgIpc) is 2.92. The Labute approximate surface area is 224 Å². The summed E-state index contributed by atoms with van der Waals surface area (Å²) in [6.07, 6.45) is -2.51. The minimum atomic E-state index is -4.56. The standard InChI is InChI=1S/C30H29F3N2O4/c1-3-18-35(26(4-2)29(38)39)28(37)25(34-27(36)23-14-16-24(17-15-23)30(31,32)33)19-20-10-12-22(13-11-20)21-8-6-5-7-9-21/h5-17,19,26H,3-4,18H2,1-2H3,(H,34,36)(H,38,39)/b25-19+. The molecule has 2 amide bonds. The summed E-state index contributed by atoms with van der Waals surface area (Å²) >= 11 is 0. The maximum atomic E-state index is 13.6. The van der Waals surface area contributed by atoms with Crippen molar-refractivity contribution in [1.82, 2.24) is 10.2 Å². The molecule has 0 heterocycles. The van der Waals surface area contributed by atoms with E-state index < -0.39 is 35.6 Å². The monoisotopic (exact) mass is 538 g/mol. The van der Waals surface area contributed by atoms with Crippen LogP contribution in [-0.2, 0) is 15.8 Å². The van der Waals surface area contributed by atoms with Gasteiger partial charge in [-0.15, -0.1) is 0 Å². The lowest BCUT2D eigenvalue weighted by Crippen LogP contribution is -2.48. The van der Waals surface area contributed by atoms with Crippen molar-refractivity contribution in [1.29, 1.82) is 0 Å². The molecule has 204 valence electrons. The van der Waals surface area contributed by atoms with Crippen LogP contribution in [0.5, 0.6) is 0 Å². The number of amides is 2. The lowest BCUT2D eigenvalue weighted by molar-refractivity contribution is -0.149. The Bertz CT molecular complexity index is 1320. The molecule has 3 aromatic carbocycles. The number of aliphatic carboxylic acids is 1. The fraction of sp³-hybridized carbons (Fsp3) is 0.233. The molecule has 9 heteroatoms. The van der Waals surface area contributed by atoms with Crippen molar-refractivity contribution < 1.29 is 32.7 Å². The van der Waals surface area contributed by atoms with Crippen LogP contribution in [0.4, 0.5) is 13.2 Å². The smallest absolute Gasteiger partial charge is 0.416 e. The van der Waals surface area contributed by atoms with Crippen LogP contribution >= 0.6 is 0 Å². The summed E-state index contributed by atoms with van der Waals surface area (Å²) in [7, 11) is 0. The number of nitrogens with zero attached hydrogens (tertiary/aromatic N) is 1. The van der Waals surface area contributed by atoms with E-state index in [1.165, 1.54) is 11.0 Å². The van der Waals surface area contributed by atoms with Crippen LogP contribution < -0.4 is 5.32 Å². The van der Waals surface area contributed by atoms with Gasteiger partial charge in [-0.05, 0) is 59.9 Å². The molecule has 6 nitrogen and oxygen atoms in total. The molecule has 2 N–H and O–H groups in total. The van der Waals surface area contributed by atoms with Gasteiger partial charge in [-0.3, -0.25) is 9.59 Å². The average molecular weight is 539 g/mol. The molecule has 0 aromatic heterocycles. The Kier molecular flexibility index (Phi) is 9.65. The van der Waals surface area contributed by atoms with Gasteiger partial charge in [0.25, 0.3) is 11.8 Å². The van der Waals surface area contributed by atoms with Crippen molar-refractivity contribution in [2.24, 2.45) is 0 Å². The molecule has 3 aromatic rings. The van der Waals surface area contributed by atoms with E-state index >= 15 is 0 Å². The summed E-state index contributed by atoms with van der Waals surface area (Å²) < 4.78 is 38.8. The minimum Gasteiger partial charge on any atom is -0.480 e. The largest absolute Gasteiger partial charge is 0.480 e. The van der Waals surface area contributed by atoms with Crippen LogP contribution in [0, 0.1) is 0 Å². The number of rotatable bonds is 10. The summed E-state index contributed by atoms with van der Waals surface area (Å²) in [5.74, 6) is -2.69. The Hall–Kier alpha value is -4.40. The first-order valence-electron chi connectivity index (χ1n) is 12.4. The lowest BCUT2D eigenvalue weighted by atomic mass is 10.0. The van der Waals surface area contributed by atoms with Crippen LogP contribution in [0.15, 0.2) is 84.6 Å². The molecular formula is C30H29F3N2O4. The number of halogens is 3. The Morgan fingerprint density at radius 3 is 2.00 bits per heavy atom. The molecule has 1 atom stereocenters. The van der Waals surface area contributed by atoms with E-state index in [0.29, 0.717) is 12.0 Å². The van der Waals surface area contributed by atoms with Crippen molar-refractivity contribution in [2.45, 2.75) is 38.9 Å². The van der Waals surface area contributed by atoms with Crippen molar-refractivity contribution in [3.8, 4) is 11.1 Å². The lowest BCUT2D eigenvalue weighted by Gasteiger charge is -2.29. The number of benzene rings is 3. The van der Waals surface area contributed by atoms with Gasteiger partial charge >= 0.3 is 12.1 Å². The van der Waals surface area contributed by atoms with E-state index in [1.54, 1.807) is 26.0 Å². The van der Waals surface area contributed by atoms with Gasteiger partial charge in [0, 0.05) is 12.1 Å². The molecule has 0 aliphatic rings. The number of carboxylic acid groups (broad SMARTS) is 1. The van der Waals surface area contributed by atoms with E-state index in [1.807, 2.05) is 42.5 Å². The predicted octanol–water partition coefficient (Wildman–Crippen LogP) is 6.25. The Morgan fingerprint density at radius 1 is 0.897 bits per heavy atom. The highest BCUT2D eigenvalue weighted by Crippen LogP contribution is 2.29. The SMILES string of the molecule is CCCN(C(=O)/C(=C\c1ccc(-c2ccccc2)cc1)NC(=O)c1ccc(C(F)(F)F)cc1)C(CC)C(=O)O. The first kappa shape index (κ1) is 29.2. The molecule has 0 fully saturated rings. The summed E-state index contributed by atoms with van der Waals surface area (Å²) in [5.41, 5.74) is 1.28. The third kappa shape index (κ3) is 7.56. The van der Waals surface area contributed by atoms with Gasteiger partial charge in [0.15, 0.2) is 0 Å². The van der Waals surface area contributed by atoms with Crippen molar-refractivity contribution in [3.05, 3.63) is 101 Å². The van der Waals surface area contributed by atoms with Gasteiger partial charge in [0.2, 0.25) is 0 Å². The van der Waals surface area contributed by atoms with E-state index in [2.05, 4.69) is 5.32 Å².